The van der Waals surface area contributed by atoms with E-state index in [-0.39, 0.29) is 5.91 Å². The molecular weight excluding hydrogens is 368 g/mol. The minimum absolute atomic E-state index is 0.138. The zero-order valence-corrected chi connectivity index (χ0v) is 17.6. The minimum atomic E-state index is 0.138. The molecule has 8 nitrogen and oxygen atoms in total. The smallest absolute Gasteiger partial charge is 0.252 e. The summed E-state index contributed by atoms with van der Waals surface area (Å²) in [4.78, 5) is 23.8. The molecule has 0 radical (unpaired) electrons. The van der Waals surface area contributed by atoms with Gasteiger partial charge in [0.05, 0.1) is 13.2 Å². The molecule has 0 spiro atoms. The number of ether oxygens (including phenoxy) is 1. The quantitative estimate of drug-likeness (QED) is 0.794. The van der Waals surface area contributed by atoms with Crippen molar-refractivity contribution < 1.29 is 9.53 Å². The highest BCUT2D eigenvalue weighted by Crippen LogP contribution is 2.25. The van der Waals surface area contributed by atoms with E-state index in [2.05, 4.69) is 25.3 Å². The third-order valence-corrected chi connectivity index (χ3v) is 6.36. The Hall–Kier alpha value is -2.06. The third kappa shape index (κ3) is 4.93. The van der Waals surface area contributed by atoms with Gasteiger partial charge in [-0.1, -0.05) is 6.42 Å². The molecule has 1 saturated heterocycles. The normalized spacial score (nSPS) is 23.4. The molecule has 1 amide bonds. The number of hydrogen-bond donors (Lipinski definition) is 1. The molecule has 0 aromatic carbocycles. The molecule has 2 fully saturated rings. The van der Waals surface area contributed by atoms with Gasteiger partial charge in [-0.2, -0.15) is 10.1 Å². The fourth-order valence-corrected chi connectivity index (χ4v) is 4.79. The molecule has 2 aromatic rings. The maximum Gasteiger partial charge on any atom is 0.252 e. The van der Waals surface area contributed by atoms with Crippen LogP contribution in [0.25, 0.3) is 5.78 Å². The Morgan fingerprint density at radius 1 is 1.28 bits per heavy atom. The number of fused-ring (bicyclic) bond motifs is 1. The van der Waals surface area contributed by atoms with E-state index in [1.807, 2.05) is 13.8 Å². The van der Waals surface area contributed by atoms with Gasteiger partial charge in [-0.3, -0.25) is 9.69 Å². The first-order valence-corrected chi connectivity index (χ1v) is 10.9. The van der Waals surface area contributed by atoms with Crippen LogP contribution in [-0.2, 0) is 16.0 Å². The van der Waals surface area contributed by atoms with Gasteiger partial charge < -0.3 is 10.1 Å². The van der Waals surface area contributed by atoms with Crippen LogP contribution >= 0.6 is 0 Å². The maximum atomic E-state index is 12.6. The summed E-state index contributed by atoms with van der Waals surface area (Å²) >= 11 is 0. The van der Waals surface area contributed by atoms with Gasteiger partial charge in [0.1, 0.15) is 6.33 Å². The molecule has 2 aromatic heterocycles. The fourth-order valence-electron chi connectivity index (χ4n) is 4.79. The van der Waals surface area contributed by atoms with Gasteiger partial charge in [0.2, 0.25) is 5.91 Å². The number of aromatic nitrogens is 4. The highest BCUT2D eigenvalue weighted by molar-refractivity contribution is 5.76. The van der Waals surface area contributed by atoms with E-state index in [9.17, 15) is 4.79 Å². The Kier molecular flexibility index (Phi) is 6.40. The van der Waals surface area contributed by atoms with E-state index in [1.54, 1.807) is 4.52 Å². The molecule has 0 bridgehead atoms. The average Bonchev–Trinajstić information content (AvgIpc) is 3.17. The van der Waals surface area contributed by atoms with Crippen LogP contribution in [0.15, 0.2) is 6.33 Å². The molecule has 2 atom stereocenters. The van der Waals surface area contributed by atoms with Gasteiger partial charge in [-0.05, 0) is 51.0 Å². The van der Waals surface area contributed by atoms with Gasteiger partial charge in [0, 0.05) is 43.5 Å². The second-order valence-electron chi connectivity index (χ2n) is 8.44. The molecule has 1 N–H and O–H groups in total. The Labute approximate surface area is 172 Å². The van der Waals surface area contributed by atoms with Crippen molar-refractivity contribution in [3.05, 3.63) is 23.3 Å². The predicted molar refractivity (Wildman–Crippen MR) is 110 cm³/mol. The van der Waals surface area contributed by atoms with E-state index in [0.717, 1.165) is 62.6 Å². The summed E-state index contributed by atoms with van der Waals surface area (Å²) in [7, 11) is 0. The topological polar surface area (TPSA) is 84.6 Å². The molecule has 1 saturated carbocycles. The number of carbonyl (C=O) groups is 1. The molecule has 29 heavy (non-hydrogen) atoms. The zero-order valence-electron chi connectivity index (χ0n) is 17.6. The average molecular weight is 401 g/mol. The second kappa shape index (κ2) is 9.17. The highest BCUT2D eigenvalue weighted by atomic mass is 16.5. The fraction of sp³-hybridized carbons (Fsp3) is 0.714. The summed E-state index contributed by atoms with van der Waals surface area (Å²) in [6.45, 7) is 8.90. The maximum absolute atomic E-state index is 12.6. The molecular formula is C21H32N6O2. The first-order chi connectivity index (χ1) is 14.1. The van der Waals surface area contributed by atoms with Crippen LogP contribution < -0.4 is 5.32 Å². The number of nitrogens with zero attached hydrogens (tertiary/aromatic N) is 5. The highest BCUT2D eigenvalue weighted by Gasteiger charge is 2.25. The van der Waals surface area contributed by atoms with Gasteiger partial charge in [-0.15, -0.1) is 0 Å². The summed E-state index contributed by atoms with van der Waals surface area (Å²) in [6.07, 6.45) is 7.33. The molecule has 1 aliphatic carbocycles. The van der Waals surface area contributed by atoms with Crippen molar-refractivity contribution >= 4 is 11.7 Å². The molecule has 4 rings (SSSR count). The number of morpholine rings is 1. The van der Waals surface area contributed by atoms with Crippen LogP contribution in [0.3, 0.4) is 0 Å². The van der Waals surface area contributed by atoms with Crippen LogP contribution in [-0.4, -0.2) is 69.3 Å². The molecule has 3 heterocycles. The summed E-state index contributed by atoms with van der Waals surface area (Å²) in [5, 5.41) is 7.52. The number of hydrogen-bond acceptors (Lipinski definition) is 6. The van der Waals surface area contributed by atoms with Crippen LogP contribution in [0, 0.1) is 19.8 Å². The van der Waals surface area contributed by atoms with Crippen LogP contribution in [0.4, 0.5) is 0 Å². The molecule has 0 unspecified atom stereocenters. The first kappa shape index (κ1) is 20.2. The van der Waals surface area contributed by atoms with Crippen LogP contribution in [0.1, 0.15) is 49.1 Å². The second-order valence-corrected chi connectivity index (χ2v) is 8.44. The van der Waals surface area contributed by atoms with Crippen molar-refractivity contribution in [2.24, 2.45) is 5.92 Å². The summed E-state index contributed by atoms with van der Waals surface area (Å²) in [5.41, 5.74) is 3.03. The summed E-state index contributed by atoms with van der Waals surface area (Å²) in [5.74, 6) is 1.43. The molecule has 8 heteroatoms. The number of carbonyl (C=O) groups excluding carboxylic acids is 1. The third-order valence-electron chi connectivity index (χ3n) is 6.36. The standard InChI is InChI=1S/C21H32N6O2/c1-15-19(16(2)27-21(24-15)22-14-23-27)6-7-20(28)25-18-5-3-4-17(12-18)13-26-8-10-29-11-9-26/h14,17-18H,3-13H2,1-2H3,(H,25,28)/t17-,18-/m1/s1. The lowest BCUT2D eigenvalue weighted by atomic mass is 9.85. The van der Waals surface area contributed by atoms with Gasteiger partial charge >= 0.3 is 0 Å². The van der Waals surface area contributed by atoms with Crippen molar-refractivity contribution in [3.63, 3.8) is 0 Å². The minimum Gasteiger partial charge on any atom is -0.379 e. The number of rotatable bonds is 6. The summed E-state index contributed by atoms with van der Waals surface area (Å²) < 4.78 is 7.20. The lowest BCUT2D eigenvalue weighted by molar-refractivity contribution is -0.122. The first-order valence-electron chi connectivity index (χ1n) is 10.9. The molecule has 158 valence electrons. The SMILES string of the molecule is Cc1nc2ncnn2c(C)c1CCC(=O)N[C@@H]1CCC[C@@H](CN2CCOCC2)C1. The van der Waals surface area contributed by atoms with Gasteiger partial charge in [-0.25, -0.2) is 9.50 Å². The molecule has 2 aliphatic rings. The Morgan fingerprint density at radius 3 is 2.93 bits per heavy atom. The number of amides is 1. The van der Waals surface area contributed by atoms with Crippen molar-refractivity contribution in [2.45, 2.75) is 58.4 Å². The largest absolute Gasteiger partial charge is 0.379 e. The zero-order chi connectivity index (χ0) is 20.2. The van der Waals surface area contributed by atoms with Crippen LogP contribution in [0.5, 0.6) is 0 Å². The van der Waals surface area contributed by atoms with E-state index < -0.39 is 0 Å². The Balaban J connectivity index is 1.28. The van der Waals surface area contributed by atoms with Crippen molar-refractivity contribution in [1.29, 1.82) is 0 Å². The Bertz CT molecular complexity index is 845. The van der Waals surface area contributed by atoms with E-state index in [0.29, 0.717) is 30.6 Å². The summed E-state index contributed by atoms with van der Waals surface area (Å²) in [6, 6.07) is 0.306. The monoisotopic (exact) mass is 400 g/mol. The van der Waals surface area contributed by atoms with Crippen molar-refractivity contribution in [2.75, 3.05) is 32.8 Å². The Morgan fingerprint density at radius 2 is 2.10 bits per heavy atom. The van der Waals surface area contributed by atoms with E-state index in [1.165, 1.54) is 19.2 Å². The predicted octanol–water partition coefficient (Wildman–Crippen LogP) is 1.68. The lowest BCUT2D eigenvalue weighted by Crippen LogP contribution is -2.43. The lowest BCUT2D eigenvalue weighted by Gasteiger charge is -2.35. The van der Waals surface area contributed by atoms with Crippen molar-refractivity contribution in [1.82, 2.24) is 29.8 Å². The van der Waals surface area contributed by atoms with Crippen LogP contribution in [0.2, 0.25) is 0 Å². The van der Waals surface area contributed by atoms with Gasteiger partial charge in [0.25, 0.3) is 5.78 Å². The van der Waals surface area contributed by atoms with Crippen molar-refractivity contribution in [3.8, 4) is 0 Å². The molecule has 1 aliphatic heterocycles. The van der Waals surface area contributed by atoms with Gasteiger partial charge in [0.15, 0.2) is 0 Å². The number of nitrogens with one attached hydrogen (secondary N) is 1. The van der Waals surface area contributed by atoms with E-state index >= 15 is 0 Å². The van der Waals surface area contributed by atoms with E-state index in [4.69, 9.17) is 4.74 Å². The number of aryl methyl sites for hydroxylation is 2.